The van der Waals surface area contributed by atoms with Crippen molar-refractivity contribution in [3.8, 4) is 0 Å². The number of carbonyl (C=O) groups is 2. The van der Waals surface area contributed by atoms with Crippen LogP contribution in [0.15, 0.2) is 78.9 Å². The van der Waals surface area contributed by atoms with Gasteiger partial charge in [0.2, 0.25) is 0 Å². The zero-order valence-electron chi connectivity index (χ0n) is 25.1. The van der Waals surface area contributed by atoms with E-state index in [0.29, 0.717) is 12.2 Å². The van der Waals surface area contributed by atoms with E-state index in [2.05, 4.69) is 45.2 Å². The normalized spacial score (nSPS) is 7.65. The lowest BCUT2D eigenvalue weighted by atomic mass is 10.2. The van der Waals surface area contributed by atoms with E-state index in [1.165, 1.54) is 5.56 Å². The Morgan fingerprint density at radius 1 is 0.757 bits per heavy atom. The number of rotatable bonds is 5. The molecule has 2 aromatic rings. The third-order valence-corrected chi connectivity index (χ3v) is 2.84. The molecule has 0 atom stereocenters. The summed E-state index contributed by atoms with van der Waals surface area (Å²) in [5.41, 5.74) is 1.66. The molecule has 0 aliphatic carbocycles. The van der Waals surface area contributed by atoms with Gasteiger partial charge in [0.1, 0.15) is 6.61 Å². The van der Waals surface area contributed by atoms with E-state index < -0.39 is 12.1 Å². The molecule has 37 heavy (non-hydrogen) atoms. The monoisotopic (exact) mass is 523 g/mol. The summed E-state index contributed by atoms with van der Waals surface area (Å²) in [7, 11) is 6.50. The Morgan fingerprint density at radius 3 is 1.38 bits per heavy atom. The summed E-state index contributed by atoms with van der Waals surface area (Å²) in [5.74, 6) is -0.462. The van der Waals surface area contributed by atoms with Gasteiger partial charge in [0.05, 0.1) is 13.2 Å². The summed E-state index contributed by atoms with van der Waals surface area (Å²) in [6.45, 7) is 17.4. The van der Waals surface area contributed by atoms with Gasteiger partial charge in [-0.05, 0) is 20.8 Å². The molecule has 2 aromatic carbocycles. The number of ether oxygens (including phenoxy) is 4. The highest BCUT2D eigenvalue weighted by molar-refractivity contribution is 5.86. The maximum atomic E-state index is 10.8. The molecule has 0 bridgehead atoms. The minimum atomic E-state index is -0.515. The molecule has 0 fully saturated rings. The van der Waals surface area contributed by atoms with Crippen molar-refractivity contribution < 1.29 is 28.5 Å². The predicted octanol–water partition coefficient (Wildman–Crippen LogP) is 7.11. The van der Waals surface area contributed by atoms with Crippen molar-refractivity contribution in [3.05, 3.63) is 84.4 Å². The number of benzene rings is 2. The number of alkyl carbamates (subject to hydrolysis) is 1. The highest BCUT2D eigenvalue weighted by Crippen LogP contribution is 1.92. The molecule has 214 valence electrons. The second-order valence-electron chi connectivity index (χ2n) is 6.19. The fourth-order valence-electron chi connectivity index (χ4n) is 1.52. The largest absolute Gasteiger partial charge is 0.460 e. The summed E-state index contributed by atoms with van der Waals surface area (Å²) in [5, 5.41) is 2.41. The highest BCUT2D eigenvalue weighted by atomic mass is 16.6. The number of hydrogen-bond donors (Lipinski definition) is 1. The smallest absolute Gasteiger partial charge is 0.407 e. The number of amides is 1. The Bertz CT molecular complexity index is 650. The second kappa shape index (κ2) is 43.0. The lowest BCUT2D eigenvalue weighted by Crippen LogP contribution is -2.28. The van der Waals surface area contributed by atoms with Crippen LogP contribution in [0.5, 0.6) is 0 Å². The number of methoxy groups -OCH3 is 2. The van der Waals surface area contributed by atoms with E-state index in [1.807, 2.05) is 82.3 Å². The number of aryl methyl sites for hydroxylation is 1. The van der Waals surface area contributed by atoms with Gasteiger partial charge in [0, 0.05) is 34.0 Å². The summed E-state index contributed by atoms with van der Waals surface area (Å²) in [6, 6.07) is 22.3. The maximum absolute atomic E-state index is 10.8. The quantitative estimate of drug-likeness (QED) is 0.255. The first-order chi connectivity index (χ1) is 17.8. The van der Waals surface area contributed by atoms with Crippen LogP contribution in [0.1, 0.15) is 47.1 Å². The average molecular weight is 524 g/mol. The molecular formula is C30H53NO6. The standard InChI is InChI=1S/C9H15NO4.C7H8.C6H6.2C2H6O.2C2H6/c1-4-13-9(12)10-5-6-14-8(11)7(2)3;1-7-5-3-2-4-6-7;1-2-4-6-5-3-1;2*1-3-2;2*1-2/h2,4-6H2,1,3H3,(H,10,12);2-6H,1H3;1-6H;2*1-2H3;2*1-2H3. The first kappa shape index (κ1) is 43.9. The van der Waals surface area contributed by atoms with Crippen LogP contribution < -0.4 is 5.32 Å². The molecule has 0 aromatic heterocycles. The van der Waals surface area contributed by atoms with Crippen LogP contribution in [0, 0.1) is 6.92 Å². The third kappa shape index (κ3) is 50.6. The van der Waals surface area contributed by atoms with Gasteiger partial charge in [-0.3, -0.25) is 0 Å². The van der Waals surface area contributed by atoms with Crippen LogP contribution >= 0.6 is 0 Å². The minimum absolute atomic E-state index is 0.116. The van der Waals surface area contributed by atoms with Crippen LogP contribution in [-0.2, 0) is 23.7 Å². The van der Waals surface area contributed by atoms with Gasteiger partial charge in [-0.1, -0.05) is 107 Å². The van der Waals surface area contributed by atoms with E-state index in [9.17, 15) is 9.59 Å². The van der Waals surface area contributed by atoms with Crippen LogP contribution in [0.25, 0.3) is 0 Å². The molecule has 1 amide bonds. The van der Waals surface area contributed by atoms with Crippen molar-refractivity contribution in [2.45, 2.75) is 48.5 Å². The molecule has 0 saturated heterocycles. The van der Waals surface area contributed by atoms with Crippen LogP contribution in [-0.4, -0.2) is 60.3 Å². The Balaban J connectivity index is -0.000000124. The fourth-order valence-corrected chi connectivity index (χ4v) is 1.52. The molecule has 0 heterocycles. The van der Waals surface area contributed by atoms with Crippen molar-refractivity contribution in [3.63, 3.8) is 0 Å². The van der Waals surface area contributed by atoms with Crippen molar-refractivity contribution in [2.75, 3.05) is 48.2 Å². The van der Waals surface area contributed by atoms with Gasteiger partial charge in [-0.2, -0.15) is 0 Å². The summed E-state index contributed by atoms with van der Waals surface area (Å²) >= 11 is 0. The highest BCUT2D eigenvalue weighted by Gasteiger charge is 2.03. The van der Waals surface area contributed by atoms with Crippen molar-refractivity contribution in [1.82, 2.24) is 5.32 Å². The third-order valence-electron chi connectivity index (χ3n) is 2.84. The fraction of sp³-hybridized carbons (Fsp3) is 0.467. The van der Waals surface area contributed by atoms with Crippen LogP contribution in [0.2, 0.25) is 0 Å². The topological polar surface area (TPSA) is 83.1 Å². The predicted molar refractivity (Wildman–Crippen MR) is 157 cm³/mol. The lowest BCUT2D eigenvalue weighted by molar-refractivity contribution is -0.138. The molecule has 0 unspecified atom stereocenters. The molecular weight excluding hydrogens is 470 g/mol. The molecule has 7 heteroatoms. The number of hydrogen-bond acceptors (Lipinski definition) is 6. The maximum Gasteiger partial charge on any atom is 0.407 e. The molecule has 1 N–H and O–H groups in total. The lowest BCUT2D eigenvalue weighted by Gasteiger charge is -2.05. The van der Waals surface area contributed by atoms with E-state index in [0.717, 1.165) is 0 Å². The van der Waals surface area contributed by atoms with Gasteiger partial charge in [-0.25, -0.2) is 9.59 Å². The number of esters is 1. The number of nitrogens with one attached hydrogen (secondary N) is 1. The number of carbonyl (C=O) groups excluding carboxylic acids is 2. The summed E-state index contributed by atoms with van der Waals surface area (Å²) < 4.78 is 17.8. The van der Waals surface area contributed by atoms with E-state index in [1.54, 1.807) is 42.3 Å². The summed E-state index contributed by atoms with van der Waals surface area (Å²) in [4.78, 5) is 21.6. The zero-order valence-corrected chi connectivity index (χ0v) is 25.1. The average Bonchev–Trinajstić information content (AvgIpc) is 2.92. The molecule has 0 saturated carbocycles. The van der Waals surface area contributed by atoms with E-state index in [4.69, 9.17) is 4.74 Å². The van der Waals surface area contributed by atoms with Crippen LogP contribution in [0.3, 0.4) is 0 Å². The van der Waals surface area contributed by atoms with Gasteiger partial charge < -0.3 is 24.3 Å². The SMILES string of the molecule is C=C(C)C(=O)OCCNC(=O)OCC.CC.CC.COC.COC.Cc1ccccc1.c1ccccc1. The minimum Gasteiger partial charge on any atom is -0.460 e. The molecule has 7 nitrogen and oxygen atoms in total. The first-order valence-corrected chi connectivity index (χ1v) is 12.4. The Kier molecular flexibility index (Phi) is 50.9. The zero-order chi connectivity index (χ0) is 29.7. The second-order valence-corrected chi connectivity index (χ2v) is 6.19. The van der Waals surface area contributed by atoms with Crippen molar-refractivity contribution in [1.29, 1.82) is 0 Å². The van der Waals surface area contributed by atoms with Crippen LogP contribution in [0.4, 0.5) is 4.79 Å². The van der Waals surface area contributed by atoms with Gasteiger partial charge in [0.25, 0.3) is 0 Å². The Labute approximate surface area is 227 Å². The van der Waals surface area contributed by atoms with Crippen molar-refractivity contribution >= 4 is 12.1 Å². The van der Waals surface area contributed by atoms with E-state index in [-0.39, 0.29) is 13.2 Å². The Hall–Kier alpha value is -3.16. The molecule has 2 rings (SSSR count). The molecule has 0 aliphatic rings. The first-order valence-electron chi connectivity index (χ1n) is 12.4. The molecule has 0 spiro atoms. The van der Waals surface area contributed by atoms with Gasteiger partial charge in [-0.15, -0.1) is 0 Å². The van der Waals surface area contributed by atoms with Gasteiger partial charge >= 0.3 is 12.1 Å². The van der Waals surface area contributed by atoms with Gasteiger partial charge in [0.15, 0.2) is 0 Å². The van der Waals surface area contributed by atoms with Crippen molar-refractivity contribution in [2.24, 2.45) is 0 Å². The summed E-state index contributed by atoms with van der Waals surface area (Å²) in [6.07, 6.45) is -0.515. The molecule has 0 aliphatic heterocycles. The van der Waals surface area contributed by atoms with E-state index >= 15 is 0 Å². The Morgan fingerprint density at radius 2 is 1.11 bits per heavy atom. The molecule has 0 radical (unpaired) electrons.